The van der Waals surface area contributed by atoms with Crippen LogP contribution in [0.15, 0.2) is 60.9 Å². The van der Waals surface area contributed by atoms with E-state index in [1.165, 1.54) is 0 Å². The standard InChI is InChI=1S/C23H29ClN4O3.C18H21ClN4O/c1-15(2)12-23(6,28-21(29)31-22(3,4)5)14-30-19-8-7-16(11-17(19)13-25)18-9-10-26-20(24)27-18;1-12(2)9-18(3,21)11-24-16-5-4-13(8-14(16)10-20)15-6-7-22-17(19)23-15/h7-11,15H,12,14H2,1-6H3,(H,28,29);4-8,12H,9,11,21H2,1-3H3/t23-;18-/m00/s1. The molecule has 0 bridgehead atoms. The molecule has 292 valence electrons. The number of carbonyl (C=O) groups excluding carboxylic acids is 1. The number of hydrogen-bond donors (Lipinski definition) is 2. The lowest BCUT2D eigenvalue weighted by molar-refractivity contribution is 0.0408. The number of hydrogen-bond acceptors (Lipinski definition) is 11. The summed E-state index contributed by atoms with van der Waals surface area (Å²) in [6, 6.07) is 18.3. The number of rotatable bonds is 13. The largest absolute Gasteiger partial charge is 0.490 e. The molecule has 4 rings (SSSR count). The van der Waals surface area contributed by atoms with Crippen molar-refractivity contribution in [3.05, 3.63) is 82.6 Å². The van der Waals surface area contributed by atoms with Crippen LogP contribution in [0.3, 0.4) is 0 Å². The minimum atomic E-state index is -0.678. The third-order valence-electron chi connectivity index (χ3n) is 7.68. The Bertz CT molecular complexity index is 2000. The van der Waals surface area contributed by atoms with Crippen LogP contribution in [-0.4, -0.2) is 55.9 Å². The summed E-state index contributed by atoms with van der Waals surface area (Å²) in [4.78, 5) is 28.4. The number of nitrogens with two attached hydrogens (primary N) is 1. The molecular formula is C41H50Cl2N8O4. The molecule has 14 heteroatoms. The van der Waals surface area contributed by atoms with Gasteiger partial charge in [-0.25, -0.2) is 24.7 Å². The summed E-state index contributed by atoms with van der Waals surface area (Å²) in [6.45, 7) is 18.2. The van der Waals surface area contributed by atoms with Gasteiger partial charge in [-0.05, 0) is 131 Å². The monoisotopic (exact) mass is 788 g/mol. The average Bonchev–Trinajstić information content (AvgIpc) is 3.08. The topological polar surface area (TPSA) is 182 Å². The van der Waals surface area contributed by atoms with Crippen molar-refractivity contribution in [1.29, 1.82) is 10.5 Å². The molecule has 0 saturated carbocycles. The highest BCUT2D eigenvalue weighted by atomic mass is 35.5. The smallest absolute Gasteiger partial charge is 0.408 e. The third-order valence-corrected chi connectivity index (χ3v) is 8.05. The number of nitrogens with one attached hydrogen (secondary N) is 1. The van der Waals surface area contributed by atoms with Crippen molar-refractivity contribution in [1.82, 2.24) is 25.3 Å². The number of ether oxygens (including phenoxy) is 3. The highest BCUT2D eigenvalue weighted by Gasteiger charge is 2.31. The average molecular weight is 790 g/mol. The molecule has 0 aliphatic carbocycles. The van der Waals surface area contributed by atoms with Crippen LogP contribution in [0, 0.1) is 34.5 Å². The summed E-state index contributed by atoms with van der Waals surface area (Å²) in [5.74, 6) is 1.72. The second-order valence-corrected chi connectivity index (χ2v) is 16.4. The first kappa shape index (κ1) is 44.4. The van der Waals surface area contributed by atoms with Gasteiger partial charge in [0.05, 0.1) is 28.1 Å². The molecule has 2 aromatic carbocycles. The van der Waals surface area contributed by atoms with Crippen LogP contribution in [0.1, 0.15) is 86.3 Å². The van der Waals surface area contributed by atoms with Gasteiger partial charge < -0.3 is 25.3 Å². The van der Waals surface area contributed by atoms with E-state index >= 15 is 0 Å². The first-order valence-corrected chi connectivity index (χ1v) is 18.6. The molecule has 55 heavy (non-hydrogen) atoms. The quantitative estimate of drug-likeness (QED) is 0.123. The lowest BCUT2D eigenvalue weighted by atomic mass is 9.91. The van der Waals surface area contributed by atoms with Gasteiger partial charge in [-0.3, -0.25) is 0 Å². The second-order valence-electron chi connectivity index (χ2n) is 15.7. The fourth-order valence-corrected chi connectivity index (χ4v) is 6.16. The number of nitriles is 2. The molecule has 1 amide bonds. The predicted octanol–water partition coefficient (Wildman–Crippen LogP) is 9.19. The maximum Gasteiger partial charge on any atom is 0.408 e. The van der Waals surface area contributed by atoms with Crippen LogP contribution < -0.4 is 20.5 Å². The molecule has 0 saturated heterocycles. The van der Waals surface area contributed by atoms with E-state index in [1.807, 2.05) is 40.7 Å². The highest BCUT2D eigenvalue weighted by molar-refractivity contribution is 6.28. The second kappa shape index (κ2) is 19.5. The molecule has 3 N–H and O–H groups in total. The van der Waals surface area contributed by atoms with Crippen LogP contribution in [0.25, 0.3) is 22.5 Å². The minimum absolute atomic E-state index is 0.133. The van der Waals surface area contributed by atoms with Crippen molar-refractivity contribution < 1.29 is 19.0 Å². The summed E-state index contributed by atoms with van der Waals surface area (Å²) in [6.07, 6.45) is 4.14. The normalized spacial score (nSPS) is 13.3. The van der Waals surface area contributed by atoms with E-state index in [4.69, 9.17) is 43.1 Å². The molecule has 0 unspecified atom stereocenters. The Morgan fingerprint density at radius 3 is 1.62 bits per heavy atom. The van der Waals surface area contributed by atoms with Gasteiger partial charge in [-0.2, -0.15) is 10.5 Å². The maximum atomic E-state index is 12.4. The SMILES string of the molecule is CC(C)C[C@@](C)(COc1ccc(-c2ccnc(Cl)n2)cc1C#N)NC(=O)OC(C)(C)C.CC(C)C[C@](C)(N)COc1ccc(-c2ccnc(Cl)n2)cc1C#N. The van der Waals surface area contributed by atoms with Gasteiger partial charge in [0.15, 0.2) is 0 Å². The molecule has 0 aliphatic rings. The van der Waals surface area contributed by atoms with Gasteiger partial charge in [-0.1, -0.05) is 27.7 Å². The molecule has 0 radical (unpaired) electrons. The third kappa shape index (κ3) is 15.0. The van der Waals surface area contributed by atoms with Gasteiger partial charge in [-0.15, -0.1) is 0 Å². The Morgan fingerprint density at radius 2 is 1.22 bits per heavy atom. The van der Waals surface area contributed by atoms with Gasteiger partial charge >= 0.3 is 6.09 Å². The first-order valence-electron chi connectivity index (χ1n) is 17.8. The molecule has 2 aromatic heterocycles. The first-order chi connectivity index (χ1) is 25.7. The maximum absolute atomic E-state index is 12.4. The van der Waals surface area contributed by atoms with Crippen LogP contribution >= 0.6 is 23.2 Å². The lowest BCUT2D eigenvalue weighted by Gasteiger charge is -2.33. The summed E-state index contributed by atoms with van der Waals surface area (Å²) in [7, 11) is 0. The van der Waals surface area contributed by atoms with Crippen molar-refractivity contribution in [2.45, 2.75) is 91.8 Å². The highest BCUT2D eigenvalue weighted by Crippen LogP contribution is 2.29. The molecule has 12 nitrogen and oxygen atoms in total. The van der Waals surface area contributed by atoms with Crippen LogP contribution in [0.5, 0.6) is 11.5 Å². The zero-order valence-electron chi connectivity index (χ0n) is 32.9. The summed E-state index contributed by atoms with van der Waals surface area (Å²) < 4.78 is 17.2. The number of aromatic nitrogens is 4. The summed E-state index contributed by atoms with van der Waals surface area (Å²) in [5, 5.41) is 22.2. The predicted molar refractivity (Wildman–Crippen MR) is 215 cm³/mol. The Labute approximate surface area is 334 Å². The van der Waals surface area contributed by atoms with E-state index in [1.54, 1.807) is 54.9 Å². The molecule has 0 spiro atoms. The number of amides is 1. The summed E-state index contributed by atoms with van der Waals surface area (Å²) in [5.41, 5.74) is 8.09. The molecule has 0 fully saturated rings. The Hall–Kier alpha value is -5.01. The van der Waals surface area contributed by atoms with Crippen molar-refractivity contribution in [3.63, 3.8) is 0 Å². The van der Waals surface area contributed by atoms with Crippen molar-refractivity contribution in [3.8, 4) is 46.2 Å². The van der Waals surface area contributed by atoms with Crippen molar-refractivity contribution >= 4 is 29.3 Å². The van der Waals surface area contributed by atoms with Crippen molar-refractivity contribution in [2.75, 3.05) is 13.2 Å². The number of nitrogens with zero attached hydrogens (tertiary/aromatic N) is 6. The van der Waals surface area contributed by atoms with Gasteiger partial charge in [0, 0.05) is 29.1 Å². The van der Waals surface area contributed by atoms with Crippen LogP contribution in [0.2, 0.25) is 10.6 Å². The summed E-state index contributed by atoms with van der Waals surface area (Å²) >= 11 is 11.7. The minimum Gasteiger partial charge on any atom is -0.490 e. The Morgan fingerprint density at radius 1 is 0.764 bits per heavy atom. The lowest BCUT2D eigenvalue weighted by Crippen LogP contribution is -2.52. The van der Waals surface area contributed by atoms with E-state index in [0.29, 0.717) is 58.9 Å². The Kier molecular flexibility index (Phi) is 15.8. The molecule has 4 aromatic rings. The fourth-order valence-electron chi connectivity index (χ4n) is 5.86. The van der Waals surface area contributed by atoms with E-state index in [2.05, 4.69) is 65.1 Å². The number of benzene rings is 2. The fraction of sp³-hybridized carbons (Fsp3) is 0.439. The Balaban J connectivity index is 0.000000305. The number of halogens is 2. The van der Waals surface area contributed by atoms with Gasteiger partial charge in [0.25, 0.3) is 0 Å². The van der Waals surface area contributed by atoms with E-state index in [9.17, 15) is 15.3 Å². The molecule has 2 heterocycles. The van der Waals surface area contributed by atoms with E-state index in [-0.39, 0.29) is 17.2 Å². The zero-order chi connectivity index (χ0) is 41.0. The van der Waals surface area contributed by atoms with Gasteiger partial charge in [0.1, 0.15) is 42.5 Å². The van der Waals surface area contributed by atoms with Gasteiger partial charge in [0.2, 0.25) is 10.6 Å². The van der Waals surface area contributed by atoms with E-state index < -0.39 is 22.8 Å². The van der Waals surface area contributed by atoms with E-state index in [0.717, 1.165) is 17.5 Å². The number of carbonyl (C=O) groups is 1. The zero-order valence-corrected chi connectivity index (χ0v) is 34.4. The molecule has 0 aliphatic heterocycles. The number of alkyl carbamates (subject to hydrolysis) is 1. The van der Waals surface area contributed by atoms with Crippen molar-refractivity contribution in [2.24, 2.45) is 17.6 Å². The molecule has 2 atom stereocenters. The molecular weight excluding hydrogens is 739 g/mol. The van der Waals surface area contributed by atoms with Crippen LogP contribution in [-0.2, 0) is 4.74 Å². The van der Waals surface area contributed by atoms with Crippen LogP contribution in [0.4, 0.5) is 4.79 Å².